The third-order valence-corrected chi connectivity index (χ3v) is 5.84. The van der Waals surface area contributed by atoms with Crippen LogP contribution in [0.25, 0.3) is 0 Å². The van der Waals surface area contributed by atoms with Crippen molar-refractivity contribution in [3.05, 3.63) is 69.3 Å². The highest BCUT2D eigenvalue weighted by Crippen LogP contribution is 2.32. The molecule has 0 N–H and O–H groups in total. The van der Waals surface area contributed by atoms with Crippen molar-refractivity contribution in [3.8, 4) is 0 Å². The fraction of sp³-hybridized carbons (Fsp3) is 0.188. The molecular weight excluding hydrogens is 348 g/mol. The van der Waals surface area contributed by atoms with Crippen molar-refractivity contribution >= 4 is 21.7 Å². The molecule has 0 amide bonds. The van der Waals surface area contributed by atoms with Gasteiger partial charge in [0.15, 0.2) is 4.90 Å². The van der Waals surface area contributed by atoms with Crippen molar-refractivity contribution in [2.24, 2.45) is 0 Å². The Morgan fingerprint density at radius 1 is 1.16 bits per heavy atom. The standard InChI is InChI=1S/C16H14N2O6S/c1-24-16(19)11-6-7-12-9-17(10-13(12)8-11)25(22,23)15-5-3-2-4-14(15)18(20)21/h2-8H,9-10H2,1H3. The predicted octanol–water partition coefficient (Wildman–Crippen LogP) is 2.09. The van der Waals surface area contributed by atoms with Gasteiger partial charge in [-0.3, -0.25) is 10.1 Å². The van der Waals surface area contributed by atoms with E-state index in [9.17, 15) is 23.3 Å². The molecule has 0 atom stereocenters. The van der Waals surface area contributed by atoms with Crippen LogP contribution in [0.2, 0.25) is 0 Å². The summed E-state index contributed by atoms with van der Waals surface area (Å²) in [7, 11) is -2.78. The maximum atomic E-state index is 12.8. The molecule has 0 saturated heterocycles. The van der Waals surface area contributed by atoms with Crippen LogP contribution in [0.5, 0.6) is 0 Å². The molecule has 0 aromatic heterocycles. The lowest BCUT2D eigenvalue weighted by molar-refractivity contribution is -0.387. The minimum absolute atomic E-state index is 0.0363. The summed E-state index contributed by atoms with van der Waals surface area (Å²) in [4.78, 5) is 21.7. The van der Waals surface area contributed by atoms with E-state index in [0.717, 1.165) is 15.9 Å². The Bertz CT molecular complexity index is 970. The number of para-hydroxylation sites is 1. The molecule has 0 fully saturated rings. The molecule has 0 unspecified atom stereocenters. The Morgan fingerprint density at radius 3 is 2.52 bits per heavy atom. The van der Waals surface area contributed by atoms with Crippen LogP contribution in [0.1, 0.15) is 21.5 Å². The Balaban J connectivity index is 1.96. The number of sulfonamides is 1. The number of nitro groups is 1. The van der Waals surface area contributed by atoms with Gasteiger partial charge in [-0.1, -0.05) is 18.2 Å². The van der Waals surface area contributed by atoms with Gasteiger partial charge < -0.3 is 4.74 Å². The van der Waals surface area contributed by atoms with Crippen LogP contribution in [0, 0.1) is 10.1 Å². The number of benzene rings is 2. The zero-order valence-electron chi connectivity index (χ0n) is 13.2. The highest BCUT2D eigenvalue weighted by molar-refractivity contribution is 7.89. The highest BCUT2D eigenvalue weighted by atomic mass is 32.2. The number of esters is 1. The molecular formula is C16H14N2O6S. The summed E-state index contributed by atoms with van der Waals surface area (Å²) in [6, 6.07) is 10.0. The van der Waals surface area contributed by atoms with Crippen LogP contribution in [-0.2, 0) is 27.8 Å². The third kappa shape index (κ3) is 2.99. The first-order valence-electron chi connectivity index (χ1n) is 7.28. The van der Waals surface area contributed by atoms with Crippen molar-refractivity contribution in [3.63, 3.8) is 0 Å². The van der Waals surface area contributed by atoms with E-state index in [4.69, 9.17) is 0 Å². The quantitative estimate of drug-likeness (QED) is 0.468. The van der Waals surface area contributed by atoms with Crippen molar-refractivity contribution in [1.29, 1.82) is 0 Å². The van der Waals surface area contributed by atoms with Gasteiger partial charge in [-0.25, -0.2) is 13.2 Å². The molecule has 25 heavy (non-hydrogen) atoms. The number of rotatable bonds is 4. The Hall–Kier alpha value is -2.78. The molecule has 0 bridgehead atoms. The number of fused-ring (bicyclic) bond motifs is 1. The molecule has 2 aromatic carbocycles. The third-order valence-electron chi connectivity index (χ3n) is 4.00. The SMILES string of the molecule is COC(=O)c1ccc2c(c1)CN(S(=O)(=O)c1ccccc1[N+](=O)[O-])C2. The highest BCUT2D eigenvalue weighted by Gasteiger charge is 2.35. The summed E-state index contributed by atoms with van der Waals surface area (Å²) in [6.07, 6.45) is 0. The van der Waals surface area contributed by atoms with Gasteiger partial charge in [-0.2, -0.15) is 4.31 Å². The van der Waals surface area contributed by atoms with Gasteiger partial charge in [0, 0.05) is 19.2 Å². The number of carbonyl (C=O) groups is 1. The van der Waals surface area contributed by atoms with Gasteiger partial charge in [0.2, 0.25) is 0 Å². The summed E-state index contributed by atoms with van der Waals surface area (Å²) >= 11 is 0. The van der Waals surface area contributed by atoms with Gasteiger partial charge in [0.1, 0.15) is 0 Å². The zero-order chi connectivity index (χ0) is 18.2. The first-order chi connectivity index (χ1) is 11.8. The Kier molecular flexibility index (Phi) is 4.27. The zero-order valence-corrected chi connectivity index (χ0v) is 14.0. The summed E-state index contributed by atoms with van der Waals surface area (Å²) in [5.74, 6) is -0.511. The lowest BCUT2D eigenvalue weighted by Gasteiger charge is -2.15. The number of ether oxygens (including phenoxy) is 1. The number of nitro benzene ring substituents is 1. The van der Waals surface area contributed by atoms with E-state index in [1.54, 1.807) is 18.2 Å². The van der Waals surface area contributed by atoms with Crippen LogP contribution >= 0.6 is 0 Å². The van der Waals surface area contributed by atoms with Crippen molar-refractivity contribution < 1.29 is 22.9 Å². The number of nitrogens with zero attached hydrogens (tertiary/aromatic N) is 2. The maximum absolute atomic E-state index is 12.8. The first-order valence-corrected chi connectivity index (χ1v) is 8.72. The van der Waals surface area contributed by atoms with E-state index >= 15 is 0 Å². The van der Waals surface area contributed by atoms with Gasteiger partial charge >= 0.3 is 5.97 Å². The normalized spacial score (nSPS) is 14.1. The summed E-state index contributed by atoms with van der Waals surface area (Å²) in [5, 5.41) is 11.1. The molecule has 130 valence electrons. The minimum atomic E-state index is -4.05. The molecule has 0 radical (unpaired) electrons. The van der Waals surface area contributed by atoms with Gasteiger partial charge in [0.05, 0.1) is 17.6 Å². The second-order valence-corrected chi connectivity index (χ2v) is 7.38. The van der Waals surface area contributed by atoms with Gasteiger partial charge in [-0.15, -0.1) is 0 Å². The van der Waals surface area contributed by atoms with E-state index in [0.29, 0.717) is 11.1 Å². The van der Waals surface area contributed by atoms with Crippen molar-refractivity contribution in [2.45, 2.75) is 18.0 Å². The predicted molar refractivity (Wildman–Crippen MR) is 87.3 cm³/mol. The summed E-state index contributed by atoms with van der Waals surface area (Å²) in [5.41, 5.74) is 1.28. The molecule has 0 saturated carbocycles. The summed E-state index contributed by atoms with van der Waals surface area (Å²) < 4.78 is 31.5. The Morgan fingerprint density at radius 2 is 1.84 bits per heavy atom. The summed E-state index contributed by atoms with van der Waals surface area (Å²) in [6.45, 7) is 0.125. The number of methoxy groups -OCH3 is 1. The molecule has 0 aliphatic carbocycles. The van der Waals surface area contributed by atoms with Crippen LogP contribution in [0.3, 0.4) is 0 Å². The van der Waals surface area contributed by atoms with E-state index in [1.165, 1.54) is 25.3 Å². The average Bonchev–Trinajstić information content (AvgIpc) is 3.05. The van der Waals surface area contributed by atoms with Crippen LogP contribution in [-0.4, -0.2) is 30.7 Å². The van der Waals surface area contributed by atoms with Gasteiger partial charge in [-0.05, 0) is 29.3 Å². The largest absolute Gasteiger partial charge is 0.465 e. The van der Waals surface area contributed by atoms with E-state index in [2.05, 4.69) is 4.74 Å². The van der Waals surface area contributed by atoms with Crippen molar-refractivity contribution in [1.82, 2.24) is 4.31 Å². The lowest BCUT2D eigenvalue weighted by Crippen LogP contribution is -2.26. The number of carbonyl (C=O) groups excluding carboxylic acids is 1. The molecule has 2 aromatic rings. The minimum Gasteiger partial charge on any atom is -0.465 e. The molecule has 1 aliphatic heterocycles. The van der Waals surface area contributed by atoms with Crippen LogP contribution < -0.4 is 0 Å². The molecule has 8 nitrogen and oxygen atoms in total. The average molecular weight is 362 g/mol. The topological polar surface area (TPSA) is 107 Å². The van der Waals surface area contributed by atoms with E-state index < -0.39 is 26.6 Å². The smallest absolute Gasteiger partial charge is 0.337 e. The number of hydrogen-bond donors (Lipinski definition) is 0. The second kappa shape index (κ2) is 6.26. The number of hydrogen-bond acceptors (Lipinski definition) is 6. The molecule has 3 rings (SSSR count). The fourth-order valence-electron chi connectivity index (χ4n) is 2.74. The molecule has 0 spiro atoms. The first kappa shape index (κ1) is 17.1. The van der Waals surface area contributed by atoms with Crippen LogP contribution in [0.4, 0.5) is 5.69 Å². The second-order valence-electron chi connectivity index (χ2n) is 5.47. The molecule has 1 aliphatic rings. The van der Waals surface area contributed by atoms with Crippen LogP contribution in [0.15, 0.2) is 47.4 Å². The maximum Gasteiger partial charge on any atom is 0.337 e. The molecule has 9 heteroatoms. The van der Waals surface area contributed by atoms with E-state index in [-0.39, 0.29) is 18.0 Å². The lowest BCUT2D eigenvalue weighted by atomic mass is 10.1. The van der Waals surface area contributed by atoms with Gasteiger partial charge in [0.25, 0.3) is 15.7 Å². The Labute approximate surface area is 143 Å². The molecule has 1 heterocycles. The van der Waals surface area contributed by atoms with Crippen molar-refractivity contribution in [2.75, 3.05) is 7.11 Å². The van der Waals surface area contributed by atoms with E-state index in [1.807, 2.05) is 0 Å². The fourth-order valence-corrected chi connectivity index (χ4v) is 4.30. The monoisotopic (exact) mass is 362 g/mol.